The van der Waals surface area contributed by atoms with Gasteiger partial charge in [-0.3, -0.25) is 9.10 Å². The largest absolute Gasteiger partial charge is 0.355 e. The van der Waals surface area contributed by atoms with E-state index in [1.807, 2.05) is 19.1 Å². The Morgan fingerprint density at radius 2 is 1.71 bits per heavy atom. The van der Waals surface area contributed by atoms with E-state index in [1.54, 1.807) is 30.3 Å². The quantitative estimate of drug-likeness (QED) is 0.649. The van der Waals surface area contributed by atoms with Crippen LogP contribution in [0.15, 0.2) is 59.5 Å². The maximum atomic E-state index is 13.0. The van der Waals surface area contributed by atoms with Gasteiger partial charge in [-0.05, 0) is 65.4 Å². The summed E-state index contributed by atoms with van der Waals surface area (Å²) in [6.07, 6.45) is 0.792. The van der Waals surface area contributed by atoms with E-state index in [0.29, 0.717) is 12.2 Å². The Morgan fingerprint density at radius 3 is 2.29 bits per heavy atom. The fourth-order valence-corrected chi connectivity index (χ4v) is 3.89. The van der Waals surface area contributed by atoms with Crippen LogP contribution in [0.4, 0.5) is 5.69 Å². The van der Waals surface area contributed by atoms with Crippen molar-refractivity contribution in [2.75, 3.05) is 17.4 Å². The summed E-state index contributed by atoms with van der Waals surface area (Å²) in [6, 6.07) is 15.2. The highest BCUT2D eigenvalue weighted by Crippen LogP contribution is 2.24. The number of carbonyl (C=O) groups is 1. The van der Waals surface area contributed by atoms with E-state index < -0.39 is 10.0 Å². The SMILES string of the molecule is CCCNC(=O)CN(c1ccc(I)cc1)S(=O)(=O)c1ccccc1. The van der Waals surface area contributed by atoms with Gasteiger partial charge in [-0.25, -0.2) is 8.42 Å². The summed E-state index contributed by atoms with van der Waals surface area (Å²) < 4.78 is 28.1. The molecule has 2 aromatic carbocycles. The molecule has 2 rings (SSSR count). The first kappa shape index (κ1) is 18.7. The van der Waals surface area contributed by atoms with Crippen LogP contribution in [0.3, 0.4) is 0 Å². The molecule has 7 heteroatoms. The smallest absolute Gasteiger partial charge is 0.264 e. The molecular weight excluding hydrogens is 439 g/mol. The molecule has 1 N–H and O–H groups in total. The molecule has 0 saturated heterocycles. The Kier molecular flexibility index (Phi) is 6.61. The minimum absolute atomic E-state index is 0.159. The van der Waals surface area contributed by atoms with E-state index in [-0.39, 0.29) is 17.3 Å². The van der Waals surface area contributed by atoms with Crippen molar-refractivity contribution in [2.45, 2.75) is 18.2 Å². The summed E-state index contributed by atoms with van der Waals surface area (Å²) in [5.41, 5.74) is 0.464. The third kappa shape index (κ3) is 4.70. The van der Waals surface area contributed by atoms with E-state index in [4.69, 9.17) is 0 Å². The second-order valence-electron chi connectivity index (χ2n) is 5.15. The first-order chi connectivity index (χ1) is 11.4. The highest BCUT2D eigenvalue weighted by Gasteiger charge is 2.26. The van der Waals surface area contributed by atoms with Crippen LogP contribution in [-0.2, 0) is 14.8 Å². The molecule has 0 radical (unpaired) electrons. The van der Waals surface area contributed by atoms with E-state index in [2.05, 4.69) is 27.9 Å². The molecule has 0 saturated carbocycles. The lowest BCUT2D eigenvalue weighted by Crippen LogP contribution is -2.41. The zero-order valence-electron chi connectivity index (χ0n) is 13.3. The average Bonchev–Trinajstić information content (AvgIpc) is 2.59. The molecule has 0 aliphatic carbocycles. The van der Waals surface area contributed by atoms with E-state index >= 15 is 0 Å². The topological polar surface area (TPSA) is 66.5 Å². The highest BCUT2D eigenvalue weighted by atomic mass is 127. The van der Waals surface area contributed by atoms with Gasteiger partial charge >= 0.3 is 0 Å². The molecule has 5 nitrogen and oxygen atoms in total. The van der Waals surface area contributed by atoms with Gasteiger partial charge in [0.1, 0.15) is 6.54 Å². The molecule has 0 fully saturated rings. The minimum Gasteiger partial charge on any atom is -0.355 e. The molecule has 0 heterocycles. The minimum atomic E-state index is -3.82. The molecule has 2 aromatic rings. The number of amides is 1. The predicted molar refractivity (Wildman–Crippen MR) is 103 cm³/mol. The van der Waals surface area contributed by atoms with Gasteiger partial charge in [0.15, 0.2) is 0 Å². The molecule has 128 valence electrons. The Morgan fingerprint density at radius 1 is 1.08 bits per heavy atom. The maximum absolute atomic E-state index is 13.0. The first-order valence-electron chi connectivity index (χ1n) is 7.55. The summed E-state index contributed by atoms with van der Waals surface area (Å²) in [7, 11) is -3.82. The molecule has 0 bridgehead atoms. The van der Waals surface area contributed by atoms with Gasteiger partial charge in [-0.2, -0.15) is 0 Å². The second kappa shape index (κ2) is 8.48. The van der Waals surface area contributed by atoms with Crippen LogP contribution in [0.2, 0.25) is 0 Å². The maximum Gasteiger partial charge on any atom is 0.264 e. The molecule has 0 atom stereocenters. The number of nitrogens with zero attached hydrogens (tertiary/aromatic N) is 1. The van der Waals surface area contributed by atoms with Crippen molar-refractivity contribution >= 4 is 44.2 Å². The normalized spacial score (nSPS) is 11.1. The first-order valence-corrected chi connectivity index (χ1v) is 10.1. The molecular formula is C17H19IN2O3S. The molecule has 1 amide bonds. The lowest BCUT2D eigenvalue weighted by molar-refractivity contribution is -0.119. The molecule has 0 aliphatic rings. The Labute approximate surface area is 156 Å². The van der Waals surface area contributed by atoms with Crippen LogP contribution in [0.5, 0.6) is 0 Å². The van der Waals surface area contributed by atoms with Crippen molar-refractivity contribution < 1.29 is 13.2 Å². The number of benzene rings is 2. The zero-order chi connectivity index (χ0) is 17.6. The van der Waals surface area contributed by atoms with Crippen molar-refractivity contribution in [1.82, 2.24) is 5.32 Å². The number of halogens is 1. The monoisotopic (exact) mass is 458 g/mol. The number of sulfonamides is 1. The van der Waals surface area contributed by atoms with Crippen molar-refractivity contribution in [3.8, 4) is 0 Å². The summed E-state index contributed by atoms with van der Waals surface area (Å²) in [5.74, 6) is -0.324. The van der Waals surface area contributed by atoms with E-state index in [9.17, 15) is 13.2 Å². The molecule has 0 spiro atoms. The van der Waals surface area contributed by atoms with E-state index in [0.717, 1.165) is 14.3 Å². The van der Waals surface area contributed by atoms with Gasteiger partial charge in [0.2, 0.25) is 5.91 Å². The number of nitrogens with one attached hydrogen (secondary N) is 1. The summed E-state index contributed by atoms with van der Waals surface area (Å²) in [6.45, 7) is 2.21. The molecule has 0 aliphatic heterocycles. The number of carbonyl (C=O) groups excluding carboxylic acids is 1. The van der Waals surface area contributed by atoms with Gasteiger partial charge in [-0.15, -0.1) is 0 Å². The van der Waals surface area contributed by atoms with Crippen LogP contribution in [-0.4, -0.2) is 27.4 Å². The van der Waals surface area contributed by atoms with Crippen LogP contribution in [0.25, 0.3) is 0 Å². The summed E-state index contributed by atoms with van der Waals surface area (Å²) in [5, 5.41) is 2.72. The third-order valence-electron chi connectivity index (χ3n) is 3.31. The third-order valence-corrected chi connectivity index (χ3v) is 5.81. The van der Waals surface area contributed by atoms with Gasteiger partial charge in [0, 0.05) is 10.1 Å². The lowest BCUT2D eigenvalue weighted by atomic mass is 10.3. The fourth-order valence-electron chi connectivity index (χ4n) is 2.09. The highest BCUT2D eigenvalue weighted by molar-refractivity contribution is 14.1. The van der Waals surface area contributed by atoms with Crippen LogP contribution in [0, 0.1) is 3.57 Å². The van der Waals surface area contributed by atoms with Gasteiger partial charge in [0.25, 0.3) is 10.0 Å². The lowest BCUT2D eigenvalue weighted by Gasteiger charge is -2.24. The van der Waals surface area contributed by atoms with Gasteiger partial charge < -0.3 is 5.32 Å². The van der Waals surface area contributed by atoms with Crippen LogP contribution < -0.4 is 9.62 Å². The van der Waals surface area contributed by atoms with Crippen molar-refractivity contribution in [2.24, 2.45) is 0 Å². The number of rotatable bonds is 7. The second-order valence-corrected chi connectivity index (χ2v) is 8.26. The number of hydrogen-bond donors (Lipinski definition) is 1. The van der Waals surface area contributed by atoms with Crippen LogP contribution in [0.1, 0.15) is 13.3 Å². The Balaban J connectivity index is 2.39. The standard InChI is InChI=1S/C17H19IN2O3S/c1-2-12-19-17(21)13-20(15-10-8-14(18)9-11-15)24(22,23)16-6-4-3-5-7-16/h3-11H,2,12-13H2,1H3,(H,19,21). The zero-order valence-corrected chi connectivity index (χ0v) is 16.2. The van der Waals surface area contributed by atoms with Crippen molar-refractivity contribution in [3.63, 3.8) is 0 Å². The Hall–Kier alpha value is -1.61. The molecule has 24 heavy (non-hydrogen) atoms. The number of anilines is 1. The van der Waals surface area contributed by atoms with Gasteiger partial charge in [-0.1, -0.05) is 25.1 Å². The average molecular weight is 458 g/mol. The van der Waals surface area contributed by atoms with E-state index in [1.165, 1.54) is 12.1 Å². The Bertz CT molecular complexity index is 777. The fraction of sp³-hybridized carbons (Fsp3) is 0.235. The summed E-state index contributed by atoms with van der Waals surface area (Å²) >= 11 is 2.15. The summed E-state index contributed by atoms with van der Waals surface area (Å²) in [4.78, 5) is 12.3. The van der Waals surface area contributed by atoms with Gasteiger partial charge in [0.05, 0.1) is 10.6 Å². The molecule has 0 unspecified atom stereocenters. The van der Waals surface area contributed by atoms with Crippen LogP contribution >= 0.6 is 22.6 Å². The molecule has 0 aromatic heterocycles. The van der Waals surface area contributed by atoms with Crippen molar-refractivity contribution in [1.29, 1.82) is 0 Å². The van der Waals surface area contributed by atoms with Crippen molar-refractivity contribution in [3.05, 3.63) is 58.2 Å². The predicted octanol–water partition coefficient (Wildman–Crippen LogP) is 3.01. The number of hydrogen-bond acceptors (Lipinski definition) is 3.